The van der Waals surface area contributed by atoms with E-state index in [1.165, 1.54) is 13.4 Å². The van der Waals surface area contributed by atoms with Gasteiger partial charge < -0.3 is 24.1 Å². The van der Waals surface area contributed by atoms with Crippen molar-refractivity contribution in [3.63, 3.8) is 0 Å². The van der Waals surface area contributed by atoms with Gasteiger partial charge in [0.15, 0.2) is 17.8 Å². The fourth-order valence-electron chi connectivity index (χ4n) is 1.78. The van der Waals surface area contributed by atoms with Gasteiger partial charge in [0.1, 0.15) is 11.8 Å². The minimum Gasteiger partial charge on any atom is -0.390 e. The average molecular weight is 371 g/mol. The van der Waals surface area contributed by atoms with Gasteiger partial charge in [-0.15, -0.1) is 0 Å². The third-order valence-corrected chi connectivity index (χ3v) is 4.77. The summed E-state index contributed by atoms with van der Waals surface area (Å²) in [4.78, 5) is 24.0. The number of nitrogens with two attached hydrogens (primary N) is 1. The van der Waals surface area contributed by atoms with Crippen LogP contribution < -0.4 is 5.73 Å². The van der Waals surface area contributed by atoms with Crippen LogP contribution in [0.5, 0.6) is 0 Å². The number of anilines is 1. The fourth-order valence-corrected chi connectivity index (χ4v) is 2.89. The molecule has 138 valence electrons. The first kappa shape index (κ1) is 19.3. The molecule has 11 heteroatoms. The molecule has 0 aliphatic heterocycles. The second-order valence-corrected chi connectivity index (χ2v) is 8.36. The molecule has 0 amide bonds. The van der Waals surface area contributed by atoms with Crippen LogP contribution in [0.1, 0.15) is 20.8 Å². The van der Waals surface area contributed by atoms with Crippen LogP contribution in [0.2, 0.25) is 0 Å². The van der Waals surface area contributed by atoms with Crippen molar-refractivity contribution in [1.82, 2.24) is 19.5 Å². The summed E-state index contributed by atoms with van der Waals surface area (Å²) in [5.74, 6) is -0.322. The normalized spacial score (nSPS) is 14.4. The van der Waals surface area contributed by atoms with Crippen molar-refractivity contribution in [2.45, 2.75) is 27.3 Å². The molecule has 0 spiro atoms. The predicted octanol–water partition coefficient (Wildman–Crippen LogP) is 1.81. The van der Waals surface area contributed by atoms with E-state index in [-0.39, 0.29) is 13.0 Å². The first-order valence-electron chi connectivity index (χ1n) is 7.54. The highest BCUT2D eigenvalue weighted by Gasteiger charge is 2.33. The van der Waals surface area contributed by atoms with Crippen LogP contribution in [0.15, 0.2) is 12.7 Å². The Morgan fingerprint density at radius 1 is 1.32 bits per heavy atom. The Bertz CT molecular complexity index is 800. The number of ether oxygens (including phenoxy) is 1. The molecule has 2 heterocycles. The molecule has 2 N–H and O–H groups in total. The lowest BCUT2D eigenvalue weighted by Crippen LogP contribution is -2.23. The van der Waals surface area contributed by atoms with Crippen LogP contribution in [-0.2, 0) is 29.7 Å². The van der Waals surface area contributed by atoms with Crippen LogP contribution >= 0.6 is 7.60 Å². The Kier molecular flexibility index (Phi) is 5.76. The molecular formula is C14H22N5O5P. The molecule has 1 atom stereocenters. The van der Waals surface area contributed by atoms with Crippen molar-refractivity contribution in [1.29, 1.82) is 0 Å². The molecule has 0 aliphatic rings. The van der Waals surface area contributed by atoms with E-state index in [1.54, 1.807) is 31.7 Å². The van der Waals surface area contributed by atoms with E-state index in [2.05, 4.69) is 15.0 Å². The molecule has 2 aromatic rings. The molecule has 0 aromatic carbocycles. The van der Waals surface area contributed by atoms with Gasteiger partial charge in [0.2, 0.25) is 0 Å². The molecule has 10 nitrogen and oxygen atoms in total. The zero-order valence-electron chi connectivity index (χ0n) is 14.6. The van der Waals surface area contributed by atoms with Gasteiger partial charge in [-0.05, 0) is 20.8 Å². The van der Waals surface area contributed by atoms with E-state index in [9.17, 15) is 9.36 Å². The van der Waals surface area contributed by atoms with E-state index in [0.29, 0.717) is 23.5 Å². The summed E-state index contributed by atoms with van der Waals surface area (Å²) in [6.45, 7) is 5.56. The van der Waals surface area contributed by atoms with Crippen LogP contribution in [-0.4, -0.2) is 45.6 Å². The van der Waals surface area contributed by atoms with Crippen LogP contribution in [0.3, 0.4) is 0 Å². The number of carbonyl (C=O) groups is 1. The van der Waals surface area contributed by atoms with Gasteiger partial charge in [-0.2, -0.15) is 0 Å². The minimum absolute atomic E-state index is 0.190. The summed E-state index contributed by atoms with van der Waals surface area (Å²) >= 11 is 0. The van der Waals surface area contributed by atoms with Gasteiger partial charge in [0, 0.05) is 13.7 Å². The number of imidazole rings is 1. The number of hydrogen-bond acceptors (Lipinski definition) is 9. The molecular weight excluding hydrogens is 349 g/mol. The Morgan fingerprint density at radius 3 is 2.68 bits per heavy atom. The average Bonchev–Trinajstić information content (AvgIpc) is 2.95. The first-order chi connectivity index (χ1) is 11.7. The number of hydrogen-bond donors (Lipinski definition) is 1. The van der Waals surface area contributed by atoms with Crippen molar-refractivity contribution >= 4 is 30.5 Å². The summed E-state index contributed by atoms with van der Waals surface area (Å²) in [5, 5.41) is 0. The Balaban J connectivity index is 1.91. The fraction of sp³-hybridized carbons (Fsp3) is 0.571. The van der Waals surface area contributed by atoms with Gasteiger partial charge in [-0.1, -0.05) is 0 Å². The summed E-state index contributed by atoms with van der Waals surface area (Å²) in [6.07, 6.45) is 2.57. The largest absolute Gasteiger partial charge is 0.406 e. The topological polar surface area (TPSA) is 131 Å². The lowest BCUT2D eigenvalue weighted by molar-refractivity contribution is -0.143. The number of rotatable bonds is 7. The highest BCUT2D eigenvalue weighted by molar-refractivity contribution is 7.54. The molecule has 25 heavy (non-hydrogen) atoms. The Hall–Kier alpha value is -2.03. The molecule has 1 unspecified atom stereocenters. The van der Waals surface area contributed by atoms with Gasteiger partial charge in [-0.25, -0.2) is 19.5 Å². The number of nitrogen functional groups attached to an aromatic ring is 1. The van der Waals surface area contributed by atoms with E-state index < -0.39 is 19.0 Å². The summed E-state index contributed by atoms with van der Waals surface area (Å²) in [6, 6.07) is 0. The van der Waals surface area contributed by atoms with Crippen LogP contribution in [0, 0.1) is 5.41 Å². The molecule has 2 rings (SSSR count). The number of aromatic nitrogens is 4. The highest BCUT2D eigenvalue weighted by Crippen LogP contribution is 2.48. The van der Waals surface area contributed by atoms with Crippen LogP contribution in [0.4, 0.5) is 5.82 Å². The number of fused-ring (bicyclic) bond motifs is 1. The van der Waals surface area contributed by atoms with Gasteiger partial charge in [0.25, 0.3) is 0 Å². The highest BCUT2D eigenvalue weighted by atomic mass is 31.2. The van der Waals surface area contributed by atoms with Crippen molar-refractivity contribution in [2.24, 2.45) is 5.41 Å². The van der Waals surface area contributed by atoms with E-state index in [0.717, 1.165) is 0 Å². The molecule has 0 bridgehead atoms. The van der Waals surface area contributed by atoms with E-state index in [4.69, 9.17) is 19.5 Å². The van der Waals surface area contributed by atoms with Crippen molar-refractivity contribution < 1.29 is 23.1 Å². The molecule has 0 saturated heterocycles. The first-order valence-corrected chi connectivity index (χ1v) is 9.27. The summed E-state index contributed by atoms with van der Waals surface area (Å²) in [7, 11) is -2.45. The smallest absolute Gasteiger partial charge is 0.390 e. The SMILES string of the molecule is COP(=O)(COCCn1cnc2c(N)ncnc21)OC(=O)C(C)(C)C. The lowest BCUT2D eigenvalue weighted by Gasteiger charge is -2.21. The quantitative estimate of drug-likeness (QED) is 0.571. The predicted molar refractivity (Wildman–Crippen MR) is 90.7 cm³/mol. The summed E-state index contributed by atoms with van der Waals surface area (Å²) in [5.41, 5.74) is 6.01. The number of carbonyl (C=O) groups excluding carboxylic acids is 1. The third kappa shape index (κ3) is 4.75. The minimum atomic E-state index is -3.66. The van der Waals surface area contributed by atoms with Crippen LogP contribution in [0.25, 0.3) is 11.2 Å². The third-order valence-electron chi connectivity index (χ3n) is 3.27. The summed E-state index contributed by atoms with van der Waals surface area (Å²) < 4.78 is 29.4. The second-order valence-electron chi connectivity index (χ2n) is 6.33. The van der Waals surface area contributed by atoms with Crippen molar-refractivity contribution in [2.75, 3.05) is 25.8 Å². The molecule has 0 fully saturated rings. The van der Waals surface area contributed by atoms with Gasteiger partial charge >= 0.3 is 13.6 Å². The number of nitrogens with zero attached hydrogens (tertiary/aromatic N) is 4. The van der Waals surface area contributed by atoms with E-state index >= 15 is 0 Å². The standard InChI is InChI=1S/C14H22N5O5P/c1-14(2,3)13(20)24-25(21,22-4)9-23-6-5-19-8-18-10-11(15)16-7-17-12(10)19/h7-8H,5-6,9H2,1-4H3,(H2,15,16,17). The maximum absolute atomic E-state index is 12.4. The van der Waals surface area contributed by atoms with Crippen molar-refractivity contribution in [3.05, 3.63) is 12.7 Å². The molecule has 0 aliphatic carbocycles. The second kappa shape index (κ2) is 7.47. The lowest BCUT2D eigenvalue weighted by atomic mass is 9.98. The zero-order valence-corrected chi connectivity index (χ0v) is 15.5. The molecule has 0 radical (unpaired) electrons. The van der Waals surface area contributed by atoms with Crippen molar-refractivity contribution in [3.8, 4) is 0 Å². The van der Waals surface area contributed by atoms with E-state index in [1.807, 2.05) is 0 Å². The maximum atomic E-state index is 12.4. The van der Waals surface area contributed by atoms with Gasteiger partial charge in [0.05, 0.1) is 18.3 Å². The Morgan fingerprint density at radius 2 is 2.04 bits per heavy atom. The molecule has 0 saturated carbocycles. The monoisotopic (exact) mass is 371 g/mol. The Labute approximate surface area is 145 Å². The maximum Gasteiger partial charge on any atom is 0.406 e. The molecule has 2 aromatic heterocycles. The zero-order chi connectivity index (χ0) is 18.7. The van der Waals surface area contributed by atoms with Gasteiger partial charge in [-0.3, -0.25) is 4.79 Å².